The number of nitrogens with one attached hydrogen (secondary N) is 1. The molecular formula is C19H24N4O3. The number of amides is 3. The van der Waals surface area contributed by atoms with Crippen LogP contribution in [-0.2, 0) is 0 Å². The topological polar surface area (TPSA) is 78.7 Å². The molecule has 26 heavy (non-hydrogen) atoms. The average molecular weight is 356 g/mol. The van der Waals surface area contributed by atoms with E-state index in [4.69, 9.17) is 4.42 Å². The molecule has 2 aliphatic rings. The van der Waals surface area contributed by atoms with Gasteiger partial charge in [0.25, 0.3) is 5.91 Å². The fraction of sp³-hybridized carbons (Fsp3) is 0.526. The van der Waals surface area contributed by atoms with Gasteiger partial charge in [-0.2, -0.15) is 0 Å². The standard InChI is InChI=1S/C19H24N4O3/c24-18(14-6-7-16-17(12-14)26-13-20-16)22-8-10-23(11-9-22)19(25)21-15-4-2-1-3-5-15/h6-7,12-13,15H,1-5,8-11H2,(H,21,25). The quantitative estimate of drug-likeness (QED) is 0.897. The van der Waals surface area contributed by atoms with Crippen LogP contribution in [0.15, 0.2) is 29.0 Å². The second kappa shape index (κ2) is 7.35. The number of carbonyl (C=O) groups excluding carboxylic acids is 2. The van der Waals surface area contributed by atoms with Crippen molar-refractivity contribution in [2.24, 2.45) is 0 Å². The number of benzene rings is 1. The lowest BCUT2D eigenvalue weighted by atomic mass is 9.96. The van der Waals surface area contributed by atoms with Crippen molar-refractivity contribution in [3.63, 3.8) is 0 Å². The van der Waals surface area contributed by atoms with Crippen LogP contribution < -0.4 is 5.32 Å². The van der Waals surface area contributed by atoms with Crippen LogP contribution in [0, 0.1) is 0 Å². The summed E-state index contributed by atoms with van der Waals surface area (Å²) in [5, 5.41) is 3.15. The predicted molar refractivity (Wildman–Crippen MR) is 96.9 cm³/mol. The first-order valence-corrected chi connectivity index (χ1v) is 9.39. The van der Waals surface area contributed by atoms with Crippen LogP contribution in [0.3, 0.4) is 0 Å². The van der Waals surface area contributed by atoms with Crippen molar-refractivity contribution in [2.45, 2.75) is 38.1 Å². The van der Waals surface area contributed by atoms with E-state index in [-0.39, 0.29) is 11.9 Å². The summed E-state index contributed by atoms with van der Waals surface area (Å²) in [5.41, 5.74) is 1.95. The number of fused-ring (bicyclic) bond motifs is 1. The Labute approximate surface area is 152 Å². The molecule has 4 rings (SSSR count). The van der Waals surface area contributed by atoms with Crippen LogP contribution in [-0.4, -0.2) is 58.9 Å². The Balaban J connectivity index is 1.32. The Kier molecular flexibility index (Phi) is 4.77. The number of rotatable bonds is 2. The molecule has 1 N–H and O–H groups in total. The molecule has 0 atom stereocenters. The van der Waals surface area contributed by atoms with Crippen LogP contribution in [0.4, 0.5) is 4.79 Å². The van der Waals surface area contributed by atoms with Crippen LogP contribution >= 0.6 is 0 Å². The molecule has 138 valence electrons. The summed E-state index contributed by atoms with van der Waals surface area (Å²) in [6, 6.07) is 5.61. The van der Waals surface area contributed by atoms with Crippen molar-refractivity contribution in [1.29, 1.82) is 0 Å². The summed E-state index contributed by atoms with van der Waals surface area (Å²) < 4.78 is 5.27. The van der Waals surface area contributed by atoms with Gasteiger partial charge in [-0.1, -0.05) is 19.3 Å². The molecular weight excluding hydrogens is 332 g/mol. The van der Waals surface area contributed by atoms with Gasteiger partial charge in [-0.3, -0.25) is 4.79 Å². The Bertz CT molecular complexity index is 789. The first-order valence-electron chi connectivity index (χ1n) is 9.39. The minimum atomic E-state index is -0.0318. The fourth-order valence-corrected chi connectivity index (χ4v) is 3.80. The van der Waals surface area contributed by atoms with E-state index in [1.807, 2.05) is 4.90 Å². The third kappa shape index (κ3) is 3.52. The van der Waals surface area contributed by atoms with E-state index in [2.05, 4.69) is 10.3 Å². The largest absolute Gasteiger partial charge is 0.443 e. The van der Waals surface area contributed by atoms with Crippen LogP contribution in [0.25, 0.3) is 11.1 Å². The number of nitrogens with zero attached hydrogens (tertiary/aromatic N) is 3. The number of aromatic nitrogens is 1. The molecule has 2 aromatic rings. The summed E-state index contributed by atoms with van der Waals surface area (Å²) in [6.07, 6.45) is 7.20. The molecule has 1 saturated carbocycles. The average Bonchev–Trinajstić information content (AvgIpc) is 3.16. The monoisotopic (exact) mass is 356 g/mol. The smallest absolute Gasteiger partial charge is 0.317 e. The zero-order valence-electron chi connectivity index (χ0n) is 14.8. The molecule has 1 aliphatic heterocycles. The molecule has 0 radical (unpaired) electrons. The molecule has 2 heterocycles. The SMILES string of the molecule is O=C(NC1CCCCC1)N1CCN(C(=O)c2ccc3ncoc3c2)CC1. The van der Waals surface area contributed by atoms with E-state index in [0.717, 1.165) is 18.4 Å². The van der Waals surface area contributed by atoms with Gasteiger partial charge in [0.1, 0.15) is 5.52 Å². The van der Waals surface area contributed by atoms with Gasteiger partial charge in [-0.05, 0) is 31.0 Å². The van der Waals surface area contributed by atoms with Crippen molar-refractivity contribution in [3.05, 3.63) is 30.2 Å². The zero-order valence-corrected chi connectivity index (χ0v) is 14.8. The van der Waals surface area contributed by atoms with Gasteiger partial charge < -0.3 is 19.5 Å². The summed E-state index contributed by atoms with van der Waals surface area (Å²) >= 11 is 0. The fourth-order valence-electron chi connectivity index (χ4n) is 3.80. The number of hydrogen-bond donors (Lipinski definition) is 1. The Morgan fingerprint density at radius 1 is 1.04 bits per heavy atom. The molecule has 1 saturated heterocycles. The maximum absolute atomic E-state index is 12.7. The van der Waals surface area contributed by atoms with Crippen molar-refractivity contribution < 1.29 is 14.0 Å². The molecule has 1 aromatic carbocycles. The zero-order chi connectivity index (χ0) is 17.9. The van der Waals surface area contributed by atoms with E-state index in [1.54, 1.807) is 23.1 Å². The van der Waals surface area contributed by atoms with Crippen molar-refractivity contribution in [3.8, 4) is 0 Å². The van der Waals surface area contributed by atoms with Gasteiger partial charge in [0.05, 0.1) is 0 Å². The lowest BCUT2D eigenvalue weighted by Crippen LogP contribution is -2.54. The van der Waals surface area contributed by atoms with E-state index < -0.39 is 0 Å². The van der Waals surface area contributed by atoms with Gasteiger partial charge >= 0.3 is 6.03 Å². The molecule has 2 fully saturated rings. The van der Waals surface area contributed by atoms with Gasteiger partial charge in [0.15, 0.2) is 12.0 Å². The number of hydrogen-bond acceptors (Lipinski definition) is 4. The second-order valence-corrected chi connectivity index (χ2v) is 7.10. The van der Waals surface area contributed by atoms with Gasteiger partial charge in [-0.15, -0.1) is 0 Å². The summed E-state index contributed by atoms with van der Waals surface area (Å²) in [7, 11) is 0. The normalized spacial score (nSPS) is 18.9. The predicted octanol–water partition coefficient (Wildman–Crippen LogP) is 2.63. The Morgan fingerprint density at radius 2 is 1.77 bits per heavy atom. The second-order valence-electron chi connectivity index (χ2n) is 7.10. The number of piperazine rings is 1. The molecule has 1 aliphatic carbocycles. The summed E-state index contributed by atoms with van der Waals surface area (Å²) in [6.45, 7) is 2.22. The molecule has 0 spiro atoms. The highest BCUT2D eigenvalue weighted by Gasteiger charge is 2.26. The van der Waals surface area contributed by atoms with E-state index in [0.29, 0.717) is 43.4 Å². The maximum atomic E-state index is 12.7. The highest BCUT2D eigenvalue weighted by Crippen LogP contribution is 2.19. The number of carbonyl (C=O) groups is 2. The summed E-state index contributed by atoms with van der Waals surface area (Å²) in [5.74, 6) is -0.0318. The summed E-state index contributed by atoms with van der Waals surface area (Å²) in [4.78, 5) is 32.8. The van der Waals surface area contributed by atoms with Gasteiger partial charge in [-0.25, -0.2) is 9.78 Å². The van der Waals surface area contributed by atoms with E-state index >= 15 is 0 Å². The Hall–Kier alpha value is -2.57. The lowest BCUT2D eigenvalue weighted by Gasteiger charge is -2.36. The molecule has 7 nitrogen and oxygen atoms in total. The van der Waals surface area contributed by atoms with Gasteiger partial charge in [0, 0.05) is 37.8 Å². The first kappa shape index (κ1) is 16.9. The molecule has 0 bridgehead atoms. The number of oxazole rings is 1. The van der Waals surface area contributed by atoms with Crippen LogP contribution in [0.1, 0.15) is 42.5 Å². The maximum Gasteiger partial charge on any atom is 0.317 e. The van der Waals surface area contributed by atoms with E-state index in [9.17, 15) is 9.59 Å². The minimum absolute atomic E-state index is 0.00655. The van der Waals surface area contributed by atoms with Gasteiger partial charge in [0.2, 0.25) is 0 Å². The van der Waals surface area contributed by atoms with Crippen LogP contribution in [0.2, 0.25) is 0 Å². The molecule has 1 aromatic heterocycles. The minimum Gasteiger partial charge on any atom is -0.443 e. The lowest BCUT2D eigenvalue weighted by molar-refractivity contribution is 0.0662. The third-order valence-electron chi connectivity index (χ3n) is 5.37. The van der Waals surface area contributed by atoms with Crippen molar-refractivity contribution >= 4 is 23.0 Å². The van der Waals surface area contributed by atoms with E-state index in [1.165, 1.54) is 25.7 Å². The first-order chi connectivity index (χ1) is 12.7. The molecule has 3 amide bonds. The molecule has 0 unspecified atom stereocenters. The third-order valence-corrected chi connectivity index (χ3v) is 5.37. The Morgan fingerprint density at radius 3 is 2.54 bits per heavy atom. The highest BCUT2D eigenvalue weighted by molar-refractivity contribution is 5.97. The highest BCUT2D eigenvalue weighted by atomic mass is 16.3. The van der Waals surface area contributed by atoms with Crippen molar-refractivity contribution in [2.75, 3.05) is 26.2 Å². The van der Waals surface area contributed by atoms with Crippen LogP contribution in [0.5, 0.6) is 0 Å². The van der Waals surface area contributed by atoms with Crippen molar-refractivity contribution in [1.82, 2.24) is 20.1 Å². The molecule has 7 heteroatoms. The number of urea groups is 1.